The van der Waals surface area contributed by atoms with Crippen LogP contribution in [0.4, 0.5) is 0 Å². The van der Waals surface area contributed by atoms with Crippen molar-refractivity contribution >= 4 is 0 Å². The van der Waals surface area contributed by atoms with Gasteiger partial charge in [0.15, 0.2) is 0 Å². The topological polar surface area (TPSA) is 13.1 Å². The van der Waals surface area contributed by atoms with Crippen LogP contribution >= 0.6 is 0 Å². The average molecular weight is 152 g/mol. The lowest BCUT2D eigenvalue weighted by Gasteiger charge is -2.01. The number of hydrogen-bond acceptors (Lipinski definition) is 1. The van der Waals surface area contributed by atoms with E-state index < -0.39 is 0 Å². The molecule has 0 atom stereocenters. The van der Waals surface area contributed by atoms with Gasteiger partial charge in [-0.2, -0.15) is 0 Å². The third kappa shape index (κ3) is 1.70. The highest BCUT2D eigenvalue weighted by Gasteiger charge is 2.13. The van der Waals surface area contributed by atoms with Crippen molar-refractivity contribution in [3.63, 3.8) is 0 Å². The molecule has 0 spiro atoms. The van der Waals surface area contributed by atoms with Gasteiger partial charge in [-0.25, -0.2) is 0 Å². The zero-order valence-corrected chi connectivity index (χ0v) is 7.24. The molecule has 1 heterocycles. The molecule has 0 aliphatic carbocycles. The number of pyridine rings is 1. The highest BCUT2D eigenvalue weighted by molar-refractivity contribution is 5.00. The maximum absolute atomic E-state index is 5.12. The number of hydrogen-bond donors (Lipinski definition) is 0. The van der Waals surface area contributed by atoms with E-state index in [1.807, 2.05) is 18.3 Å². The Balaban J connectivity index is 3.02. The van der Waals surface area contributed by atoms with Crippen LogP contribution in [0.25, 0.3) is 0 Å². The molecule has 0 unspecified atom stereocenters. The minimum atomic E-state index is 0.496. The molecule has 0 bridgehead atoms. The fraction of sp³-hybridized carbons (Fsp3) is 0.444. The van der Waals surface area contributed by atoms with Crippen LogP contribution in [0.15, 0.2) is 24.4 Å². The Morgan fingerprint density at radius 1 is 1.36 bits per heavy atom. The second-order valence-corrected chi connectivity index (χ2v) is 2.79. The first kappa shape index (κ1) is 8.05. The Kier molecular flexibility index (Phi) is 2.47. The van der Waals surface area contributed by atoms with E-state index in [0.717, 1.165) is 0 Å². The van der Waals surface area contributed by atoms with Crippen LogP contribution in [0.2, 0.25) is 0 Å². The lowest BCUT2D eigenvalue weighted by atomic mass is 10.1. The van der Waals surface area contributed by atoms with Gasteiger partial charge in [-0.1, -0.05) is 13.8 Å². The van der Waals surface area contributed by atoms with Gasteiger partial charge in [-0.05, 0) is 6.07 Å². The Hall–Kier alpha value is -1.05. The van der Waals surface area contributed by atoms with E-state index in [0.29, 0.717) is 5.92 Å². The minimum Gasteiger partial charge on any atom is -0.274 e. The molecule has 0 radical (unpaired) electrons. The highest BCUT2D eigenvalue weighted by Crippen LogP contribution is 2.06. The molecule has 2 nitrogen and oxygen atoms in total. The molecule has 1 aromatic heterocycles. The predicted octanol–water partition coefficient (Wildman–Crippen LogP) is 1.16. The lowest BCUT2D eigenvalue weighted by Crippen LogP contribution is -2.44. The van der Waals surface area contributed by atoms with E-state index in [2.05, 4.69) is 19.9 Å². The molecule has 0 N–H and O–H groups in total. The molecule has 1 rings (SSSR count). The molecular weight excluding hydrogens is 138 g/mol. The summed E-state index contributed by atoms with van der Waals surface area (Å²) < 4.78 is 1.78. The maximum atomic E-state index is 5.12. The molecule has 0 aliphatic rings. The van der Waals surface area contributed by atoms with Crippen LogP contribution in [0.1, 0.15) is 25.5 Å². The van der Waals surface area contributed by atoms with Crippen LogP contribution in [0.3, 0.4) is 0 Å². The average Bonchev–Trinajstić information content (AvgIpc) is 2.04. The van der Waals surface area contributed by atoms with Crippen LogP contribution < -0.4 is 9.57 Å². The zero-order chi connectivity index (χ0) is 8.27. The van der Waals surface area contributed by atoms with E-state index in [1.54, 1.807) is 11.8 Å². The van der Waals surface area contributed by atoms with Crippen molar-refractivity contribution in [1.82, 2.24) is 0 Å². The van der Waals surface area contributed by atoms with Gasteiger partial charge in [0.2, 0.25) is 11.9 Å². The summed E-state index contributed by atoms with van der Waals surface area (Å²) in [6, 6.07) is 6.04. The Morgan fingerprint density at radius 2 is 2.09 bits per heavy atom. The van der Waals surface area contributed by atoms with Gasteiger partial charge in [0, 0.05) is 22.8 Å². The van der Waals surface area contributed by atoms with Gasteiger partial charge < -0.3 is 0 Å². The number of nitrogens with zero attached hydrogens (tertiary/aromatic N) is 1. The molecule has 1 aromatic rings. The van der Waals surface area contributed by atoms with Crippen molar-refractivity contribution < 1.29 is 9.57 Å². The summed E-state index contributed by atoms with van der Waals surface area (Å²) in [5.74, 6) is 0.496. The van der Waals surface area contributed by atoms with Gasteiger partial charge in [-0.3, -0.25) is 4.84 Å². The van der Waals surface area contributed by atoms with E-state index in [-0.39, 0.29) is 0 Å². The molecule has 0 aliphatic heterocycles. The van der Waals surface area contributed by atoms with Crippen molar-refractivity contribution in [2.24, 2.45) is 0 Å². The van der Waals surface area contributed by atoms with Crippen molar-refractivity contribution in [1.29, 1.82) is 0 Å². The van der Waals surface area contributed by atoms with Gasteiger partial charge in [0.25, 0.3) is 0 Å². The monoisotopic (exact) mass is 152 g/mol. The third-order valence-corrected chi connectivity index (χ3v) is 1.64. The van der Waals surface area contributed by atoms with Crippen LogP contribution in [0, 0.1) is 0 Å². The van der Waals surface area contributed by atoms with Gasteiger partial charge >= 0.3 is 0 Å². The largest absolute Gasteiger partial charge is 0.274 e. The molecular formula is C9H14NO+. The fourth-order valence-corrected chi connectivity index (χ4v) is 1.05. The summed E-state index contributed by atoms with van der Waals surface area (Å²) >= 11 is 0. The van der Waals surface area contributed by atoms with E-state index >= 15 is 0 Å². The molecule has 2 heteroatoms. The zero-order valence-electron chi connectivity index (χ0n) is 7.24. The smallest absolute Gasteiger partial charge is 0.236 e. The normalized spacial score (nSPS) is 10.2. The Morgan fingerprint density at radius 3 is 2.55 bits per heavy atom. The fourth-order valence-electron chi connectivity index (χ4n) is 1.05. The second-order valence-electron chi connectivity index (χ2n) is 2.79. The summed E-state index contributed by atoms with van der Waals surface area (Å²) in [6.07, 6.45) is 1.91. The first-order valence-electron chi connectivity index (χ1n) is 3.80. The van der Waals surface area contributed by atoms with Crippen molar-refractivity contribution in [3.8, 4) is 0 Å². The summed E-state index contributed by atoms with van der Waals surface area (Å²) in [6.45, 7) is 4.29. The van der Waals surface area contributed by atoms with Crippen molar-refractivity contribution in [2.75, 3.05) is 7.11 Å². The van der Waals surface area contributed by atoms with E-state index in [9.17, 15) is 0 Å². The predicted molar refractivity (Wildman–Crippen MR) is 43.2 cm³/mol. The quantitative estimate of drug-likeness (QED) is 0.579. The van der Waals surface area contributed by atoms with E-state index in [4.69, 9.17) is 4.84 Å². The molecule has 11 heavy (non-hydrogen) atoms. The minimum absolute atomic E-state index is 0.496. The van der Waals surface area contributed by atoms with Gasteiger partial charge in [0.05, 0.1) is 0 Å². The summed E-state index contributed by atoms with van der Waals surface area (Å²) in [5, 5.41) is 0. The van der Waals surface area contributed by atoms with Gasteiger partial charge in [-0.15, -0.1) is 0 Å². The summed E-state index contributed by atoms with van der Waals surface area (Å²) in [5.41, 5.74) is 1.19. The highest BCUT2D eigenvalue weighted by atomic mass is 16.6. The molecule has 0 aromatic carbocycles. The molecule has 0 saturated heterocycles. The Bertz CT molecular complexity index is 233. The number of aromatic nitrogens is 1. The van der Waals surface area contributed by atoms with Crippen molar-refractivity contribution in [3.05, 3.63) is 30.1 Å². The molecule has 0 fully saturated rings. The van der Waals surface area contributed by atoms with Crippen LogP contribution in [-0.4, -0.2) is 7.11 Å². The lowest BCUT2D eigenvalue weighted by molar-refractivity contribution is -0.891. The van der Waals surface area contributed by atoms with Crippen LogP contribution in [0.5, 0.6) is 0 Å². The number of rotatable bonds is 2. The summed E-state index contributed by atoms with van der Waals surface area (Å²) in [7, 11) is 1.67. The third-order valence-electron chi connectivity index (χ3n) is 1.64. The molecule has 60 valence electrons. The molecule has 0 amide bonds. The van der Waals surface area contributed by atoms with Gasteiger partial charge in [0.1, 0.15) is 7.11 Å². The first-order chi connectivity index (χ1) is 5.25. The Labute approximate surface area is 67.4 Å². The maximum Gasteiger partial charge on any atom is 0.236 e. The SMILES string of the molecule is CO[n+]1ccccc1C(C)C. The second kappa shape index (κ2) is 3.37. The standard InChI is InChI=1S/C9H14NO/c1-8(2)9-6-4-5-7-10(9)11-3/h4-8H,1-3H3/q+1. The van der Waals surface area contributed by atoms with E-state index in [1.165, 1.54) is 5.69 Å². The van der Waals surface area contributed by atoms with Crippen LogP contribution in [-0.2, 0) is 0 Å². The first-order valence-corrected chi connectivity index (χ1v) is 3.80. The van der Waals surface area contributed by atoms with Crippen molar-refractivity contribution in [2.45, 2.75) is 19.8 Å². The molecule has 0 saturated carbocycles. The summed E-state index contributed by atoms with van der Waals surface area (Å²) in [4.78, 5) is 5.12.